The first kappa shape index (κ1) is 17.3. The standard InChI is InChI=1S/C17H27N3OS/c1-14(13-22-3)18-17(21)16-6-4-5-15(11-16)12-20-9-7-19(2)8-10-20/h4-6,11,14H,7-10,12-13H2,1-3H3,(H,18,21)/t14-/m0/s1. The van der Waals surface area contributed by atoms with Gasteiger partial charge in [0.15, 0.2) is 0 Å². The molecule has 1 amide bonds. The highest BCUT2D eigenvalue weighted by atomic mass is 32.2. The Balaban J connectivity index is 1.93. The van der Waals surface area contributed by atoms with E-state index in [2.05, 4.69) is 34.5 Å². The minimum atomic E-state index is 0.0294. The lowest BCUT2D eigenvalue weighted by Gasteiger charge is -2.32. The van der Waals surface area contributed by atoms with E-state index in [0.29, 0.717) is 0 Å². The zero-order valence-electron chi connectivity index (χ0n) is 13.8. The predicted octanol–water partition coefficient (Wildman–Crippen LogP) is 1.92. The van der Waals surface area contributed by atoms with Gasteiger partial charge in [-0.15, -0.1) is 0 Å². The van der Waals surface area contributed by atoms with Gasteiger partial charge in [-0.3, -0.25) is 9.69 Å². The fourth-order valence-corrected chi connectivity index (χ4v) is 3.26. The Hall–Kier alpha value is -1.04. The Morgan fingerprint density at radius 2 is 2.05 bits per heavy atom. The minimum absolute atomic E-state index is 0.0294. The number of rotatable bonds is 6. The van der Waals surface area contributed by atoms with Gasteiger partial charge in [0.1, 0.15) is 0 Å². The average molecular weight is 321 g/mol. The second kappa shape index (κ2) is 8.56. The van der Waals surface area contributed by atoms with E-state index in [4.69, 9.17) is 0 Å². The number of piperazine rings is 1. The highest BCUT2D eigenvalue weighted by Gasteiger charge is 2.15. The van der Waals surface area contributed by atoms with Crippen LogP contribution < -0.4 is 5.32 Å². The van der Waals surface area contributed by atoms with Crippen LogP contribution in [0.4, 0.5) is 0 Å². The van der Waals surface area contributed by atoms with E-state index in [0.717, 1.165) is 44.0 Å². The molecule has 22 heavy (non-hydrogen) atoms. The number of benzene rings is 1. The van der Waals surface area contributed by atoms with Crippen LogP contribution in [0.25, 0.3) is 0 Å². The van der Waals surface area contributed by atoms with Gasteiger partial charge in [-0.2, -0.15) is 11.8 Å². The van der Waals surface area contributed by atoms with Gasteiger partial charge < -0.3 is 10.2 Å². The van der Waals surface area contributed by atoms with E-state index >= 15 is 0 Å². The molecule has 0 spiro atoms. The molecule has 0 unspecified atom stereocenters. The van der Waals surface area contributed by atoms with Crippen molar-refractivity contribution in [2.24, 2.45) is 0 Å². The number of likely N-dealkylation sites (N-methyl/N-ethyl adjacent to an activating group) is 1. The molecule has 1 N–H and O–H groups in total. The van der Waals surface area contributed by atoms with Crippen molar-refractivity contribution in [1.29, 1.82) is 0 Å². The number of carbonyl (C=O) groups excluding carboxylic acids is 1. The Morgan fingerprint density at radius 1 is 1.32 bits per heavy atom. The third-order valence-electron chi connectivity index (χ3n) is 3.99. The number of carbonyl (C=O) groups is 1. The predicted molar refractivity (Wildman–Crippen MR) is 94.5 cm³/mol. The Labute approximate surface area is 138 Å². The largest absolute Gasteiger partial charge is 0.349 e. The van der Waals surface area contributed by atoms with E-state index in [-0.39, 0.29) is 11.9 Å². The first-order valence-corrected chi connectivity index (χ1v) is 9.27. The summed E-state index contributed by atoms with van der Waals surface area (Å²) in [5.41, 5.74) is 1.98. The highest BCUT2D eigenvalue weighted by Crippen LogP contribution is 2.11. The van der Waals surface area contributed by atoms with Crippen molar-refractivity contribution in [3.05, 3.63) is 35.4 Å². The van der Waals surface area contributed by atoms with Gasteiger partial charge in [0.05, 0.1) is 0 Å². The maximum atomic E-state index is 12.3. The van der Waals surface area contributed by atoms with Crippen LogP contribution in [0.1, 0.15) is 22.8 Å². The van der Waals surface area contributed by atoms with Crippen LogP contribution in [-0.2, 0) is 6.54 Å². The molecule has 1 aliphatic rings. The third-order valence-corrected chi connectivity index (χ3v) is 4.82. The topological polar surface area (TPSA) is 35.6 Å². The molecular weight excluding hydrogens is 294 g/mol. The van der Waals surface area contributed by atoms with E-state index in [1.807, 2.05) is 25.1 Å². The zero-order valence-corrected chi connectivity index (χ0v) is 14.7. The van der Waals surface area contributed by atoms with E-state index in [1.54, 1.807) is 11.8 Å². The fourth-order valence-electron chi connectivity index (χ4n) is 2.67. The van der Waals surface area contributed by atoms with Crippen molar-refractivity contribution >= 4 is 17.7 Å². The molecule has 1 aliphatic heterocycles. The molecule has 0 bridgehead atoms. The summed E-state index contributed by atoms with van der Waals surface area (Å²) in [5, 5.41) is 3.05. The molecule has 1 aromatic carbocycles. The Kier molecular flexibility index (Phi) is 6.73. The molecule has 1 heterocycles. The van der Waals surface area contributed by atoms with Gasteiger partial charge in [-0.25, -0.2) is 0 Å². The zero-order chi connectivity index (χ0) is 15.9. The SMILES string of the molecule is CSC[C@H](C)NC(=O)c1cccc(CN2CCN(C)CC2)c1. The summed E-state index contributed by atoms with van der Waals surface area (Å²) < 4.78 is 0. The molecule has 0 radical (unpaired) electrons. The lowest BCUT2D eigenvalue weighted by Crippen LogP contribution is -2.43. The number of hydrogen-bond donors (Lipinski definition) is 1. The van der Waals surface area contributed by atoms with Crippen LogP contribution in [0, 0.1) is 0 Å². The summed E-state index contributed by atoms with van der Waals surface area (Å²) in [6.45, 7) is 7.39. The summed E-state index contributed by atoms with van der Waals surface area (Å²) in [7, 11) is 2.16. The molecule has 2 rings (SSSR count). The number of nitrogens with one attached hydrogen (secondary N) is 1. The second-order valence-corrected chi connectivity index (χ2v) is 7.02. The summed E-state index contributed by atoms with van der Waals surface area (Å²) in [6.07, 6.45) is 2.05. The summed E-state index contributed by atoms with van der Waals surface area (Å²) in [6, 6.07) is 8.22. The smallest absolute Gasteiger partial charge is 0.251 e. The van der Waals surface area contributed by atoms with Crippen molar-refractivity contribution in [2.75, 3.05) is 45.2 Å². The molecule has 4 nitrogen and oxygen atoms in total. The Morgan fingerprint density at radius 3 is 2.73 bits per heavy atom. The molecule has 1 saturated heterocycles. The van der Waals surface area contributed by atoms with Crippen molar-refractivity contribution < 1.29 is 4.79 Å². The maximum absolute atomic E-state index is 12.3. The lowest BCUT2D eigenvalue weighted by atomic mass is 10.1. The minimum Gasteiger partial charge on any atom is -0.349 e. The van der Waals surface area contributed by atoms with Crippen LogP contribution in [0.3, 0.4) is 0 Å². The number of nitrogens with zero attached hydrogens (tertiary/aromatic N) is 2. The average Bonchev–Trinajstić information content (AvgIpc) is 2.50. The lowest BCUT2D eigenvalue weighted by molar-refractivity contribution is 0.0943. The van der Waals surface area contributed by atoms with Gasteiger partial charge in [-0.05, 0) is 37.9 Å². The van der Waals surface area contributed by atoms with Gasteiger partial charge in [0.2, 0.25) is 0 Å². The normalized spacial score (nSPS) is 18.1. The van der Waals surface area contributed by atoms with Gasteiger partial charge in [-0.1, -0.05) is 12.1 Å². The first-order valence-electron chi connectivity index (χ1n) is 7.88. The number of thioether (sulfide) groups is 1. The van der Waals surface area contributed by atoms with E-state index in [9.17, 15) is 4.79 Å². The third kappa shape index (κ3) is 5.30. The molecule has 5 heteroatoms. The Bertz CT molecular complexity index is 487. The first-order chi connectivity index (χ1) is 10.6. The molecule has 1 aromatic rings. The van der Waals surface area contributed by atoms with Crippen molar-refractivity contribution in [2.45, 2.75) is 19.5 Å². The summed E-state index contributed by atoms with van der Waals surface area (Å²) >= 11 is 1.75. The van der Waals surface area contributed by atoms with Crippen LogP contribution in [0.15, 0.2) is 24.3 Å². The maximum Gasteiger partial charge on any atom is 0.251 e. The molecule has 1 fully saturated rings. The number of amides is 1. The molecular formula is C17H27N3OS. The van der Waals surface area contributed by atoms with Crippen LogP contribution in [0.2, 0.25) is 0 Å². The molecule has 122 valence electrons. The van der Waals surface area contributed by atoms with E-state index in [1.165, 1.54) is 5.56 Å². The second-order valence-electron chi connectivity index (χ2n) is 6.11. The van der Waals surface area contributed by atoms with Crippen molar-refractivity contribution in [3.63, 3.8) is 0 Å². The van der Waals surface area contributed by atoms with Gasteiger partial charge in [0.25, 0.3) is 5.91 Å². The summed E-state index contributed by atoms with van der Waals surface area (Å²) in [4.78, 5) is 17.1. The van der Waals surface area contributed by atoms with Crippen molar-refractivity contribution in [3.8, 4) is 0 Å². The summed E-state index contributed by atoms with van der Waals surface area (Å²) in [5.74, 6) is 0.967. The van der Waals surface area contributed by atoms with Crippen LogP contribution in [0.5, 0.6) is 0 Å². The van der Waals surface area contributed by atoms with Gasteiger partial charge >= 0.3 is 0 Å². The van der Waals surface area contributed by atoms with Crippen LogP contribution >= 0.6 is 11.8 Å². The quantitative estimate of drug-likeness (QED) is 0.868. The molecule has 1 atom stereocenters. The molecule has 0 saturated carbocycles. The monoisotopic (exact) mass is 321 g/mol. The van der Waals surface area contributed by atoms with E-state index < -0.39 is 0 Å². The van der Waals surface area contributed by atoms with Gasteiger partial charge in [0, 0.05) is 50.1 Å². The van der Waals surface area contributed by atoms with Crippen molar-refractivity contribution in [1.82, 2.24) is 15.1 Å². The molecule has 0 aliphatic carbocycles. The van der Waals surface area contributed by atoms with Crippen LogP contribution in [-0.4, -0.2) is 67.0 Å². The fraction of sp³-hybridized carbons (Fsp3) is 0.588. The highest BCUT2D eigenvalue weighted by molar-refractivity contribution is 7.98. The molecule has 0 aromatic heterocycles. The number of hydrogen-bond acceptors (Lipinski definition) is 4.